The molecule has 2 N–H and O–H groups in total. The number of carbonyl (C=O) groups excluding carboxylic acids is 1. The van der Waals surface area contributed by atoms with E-state index in [1.807, 2.05) is 43.3 Å². The topological polar surface area (TPSA) is 110 Å². The van der Waals surface area contributed by atoms with Crippen molar-refractivity contribution in [1.29, 1.82) is 0 Å². The van der Waals surface area contributed by atoms with E-state index in [1.54, 1.807) is 12.1 Å². The largest absolute Gasteiger partial charge is 0.492 e. The lowest BCUT2D eigenvalue weighted by Crippen LogP contribution is -2.28. The zero-order valence-corrected chi connectivity index (χ0v) is 18.2. The fourth-order valence-corrected chi connectivity index (χ4v) is 4.42. The van der Waals surface area contributed by atoms with Gasteiger partial charge in [0.2, 0.25) is 9.47 Å². The number of nitrogens with zero attached hydrogens (tertiary/aromatic N) is 2. The van der Waals surface area contributed by atoms with E-state index < -0.39 is 10.0 Å². The lowest BCUT2D eigenvalue weighted by atomic mass is 10.1. The van der Waals surface area contributed by atoms with Crippen LogP contribution in [0, 0.1) is 6.92 Å². The first-order chi connectivity index (χ1) is 14.4. The van der Waals surface area contributed by atoms with Gasteiger partial charge in [-0.3, -0.25) is 10.1 Å². The van der Waals surface area contributed by atoms with Gasteiger partial charge < -0.3 is 4.74 Å². The Morgan fingerprint density at radius 1 is 1.07 bits per heavy atom. The fourth-order valence-electron chi connectivity index (χ4n) is 2.47. The monoisotopic (exact) mass is 446 g/mol. The summed E-state index contributed by atoms with van der Waals surface area (Å²) in [6.45, 7) is 4.23. The van der Waals surface area contributed by atoms with Gasteiger partial charge >= 0.3 is 0 Å². The number of aryl methyl sites for hydroxylation is 2. The van der Waals surface area contributed by atoms with Crippen molar-refractivity contribution in [3.63, 3.8) is 0 Å². The van der Waals surface area contributed by atoms with Crippen molar-refractivity contribution in [2.45, 2.75) is 24.6 Å². The van der Waals surface area contributed by atoms with Crippen LogP contribution >= 0.6 is 11.3 Å². The van der Waals surface area contributed by atoms with Gasteiger partial charge in [-0.25, -0.2) is 13.1 Å². The second-order valence-corrected chi connectivity index (χ2v) is 9.36. The van der Waals surface area contributed by atoms with Gasteiger partial charge in [0.1, 0.15) is 12.4 Å². The highest BCUT2D eigenvalue weighted by molar-refractivity contribution is 7.91. The minimum Gasteiger partial charge on any atom is -0.492 e. The summed E-state index contributed by atoms with van der Waals surface area (Å²) in [4.78, 5) is 12.2. The van der Waals surface area contributed by atoms with Crippen LogP contribution in [0.5, 0.6) is 5.75 Å². The maximum absolute atomic E-state index is 12.4. The van der Waals surface area contributed by atoms with Crippen molar-refractivity contribution in [3.05, 3.63) is 65.2 Å². The van der Waals surface area contributed by atoms with Gasteiger partial charge in [0.25, 0.3) is 15.9 Å². The number of rotatable bonds is 9. The Labute approximate surface area is 179 Å². The van der Waals surface area contributed by atoms with Crippen LogP contribution in [0.15, 0.2) is 52.9 Å². The summed E-state index contributed by atoms with van der Waals surface area (Å²) in [7, 11) is -3.85. The predicted octanol–water partition coefficient (Wildman–Crippen LogP) is 3.02. The second-order valence-electron chi connectivity index (χ2n) is 6.44. The summed E-state index contributed by atoms with van der Waals surface area (Å²) in [5.74, 6) is 0.286. The van der Waals surface area contributed by atoms with Crippen LogP contribution < -0.4 is 14.8 Å². The highest BCUT2D eigenvalue weighted by atomic mass is 32.2. The molecule has 0 atom stereocenters. The highest BCUT2D eigenvalue weighted by Gasteiger charge is 2.20. The van der Waals surface area contributed by atoms with Crippen molar-refractivity contribution in [2.24, 2.45) is 0 Å². The Hall–Kier alpha value is -2.82. The zero-order valence-electron chi connectivity index (χ0n) is 16.6. The van der Waals surface area contributed by atoms with Crippen LogP contribution in [0.25, 0.3) is 0 Å². The number of hydrogen-bond acceptors (Lipinski definition) is 7. The molecule has 0 saturated carbocycles. The van der Waals surface area contributed by atoms with Crippen LogP contribution in [0.1, 0.15) is 28.4 Å². The molecule has 1 heterocycles. The molecule has 3 rings (SSSR count). The third-order valence-electron chi connectivity index (χ3n) is 4.17. The molecular weight excluding hydrogens is 424 g/mol. The molecule has 30 heavy (non-hydrogen) atoms. The molecule has 1 aromatic heterocycles. The lowest BCUT2D eigenvalue weighted by molar-refractivity contribution is 0.102. The number of hydrogen-bond donors (Lipinski definition) is 2. The van der Waals surface area contributed by atoms with Crippen LogP contribution in [0.2, 0.25) is 0 Å². The summed E-state index contributed by atoms with van der Waals surface area (Å²) >= 11 is 0.779. The number of amides is 1. The third-order valence-corrected chi connectivity index (χ3v) is 6.83. The smallest absolute Gasteiger partial charge is 0.269 e. The van der Waals surface area contributed by atoms with Crippen LogP contribution in [0.4, 0.5) is 5.13 Å². The van der Waals surface area contributed by atoms with E-state index in [4.69, 9.17) is 4.74 Å². The number of ether oxygens (including phenoxy) is 1. The van der Waals surface area contributed by atoms with Gasteiger partial charge in [-0.2, -0.15) is 0 Å². The van der Waals surface area contributed by atoms with E-state index in [-0.39, 0.29) is 28.5 Å². The molecule has 0 aliphatic heterocycles. The molecule has 0 saturated heterocycles. The fraction of sp³-hybridized carbons (Fsp3) is 0.250. The molecule has 3 aromatic rings. The van der Waals surface area contributed by atoms with Crippen molar-refractivity contribution in [2.75, 3.05) is 18.5 Å². The van der Waals surface area contributed by atoms with Gasteiger partial charge in [-0.1, -0.05) is 48.1 Å². The Balaban J connectivity index is 1.51. The summed E-state index contributed by atoms with van der Waals surface area (Å²) in [5, 5.41) is 10.1. The number of benzene rings is 2. The van der Waals surface area contributed by atoms with Gasteiger partial charge in [0.05, 0.1) is 0 Å². The van der Waals surface area contributed by atoms with Crippen molar-refractivity contribution in [1.82, 2.24) is 14.9 Å². The summed E-state index contributed by atoms with van der Waals surface area (Å²) in [6, 6.07) is 14.6. The molecule has 0 unspecified atom stereocenters. The summed E-state index contributed by atoms with van der Waals surface area (Å²) in [5.41, 5.74) is 2.68. The molecule has 0 aliphatic rings. The quantitative estimate of drug-likeness (QED) is 0.386. The van der Waals surface area contributed by atoms with Gasteiger partial charge in [-0.15, -0.1) is 10.2 Å². The molecule has 0 bridgehead atoms. The van der Waals surface area contributed by atoms with Crippen LogP contribution in [0.3, 0.4) is 0 Å². The Morgan fingerprint density at radius 2 is 1.77 bits per heavy atom. The number of nitrogens with one attached hydrogen (secondary N) is 2. The number of anilines is 1. The maximum Gasteiger partial charge on any atom is 0.269 e. The van der Waals surface area contributed by atoms with E-state index in [0.717, 1.165) is 23.3 Å². The Morgan fingerprint density at radius 3 is 2.43 bits per heavy atom. The summed E-state index contributed by atoms with van der Waals surface area (Å²) in [6.07, 6.45) is 0.940. The van der Waals surface area contributed by atoms with Gasteiger partial charge in [0, 0.05) is 12.1 Å². The minimum atomic E-state index is -3.85. The molecule has 2 aromatic carbocycles. The number of sulfonamides is 1. The van der Waals surface area contributed by atoms with Gasteiger partial charge in [-0.05, 0) is 43.2 Å². The minimum absolute atomic E-state index is 0.0719. The summed E-state index contributed by atoms with van der Waals surface area (Å²) < 4.78 is 32.4. The molecule has 10 heteroatoms. The first-order valence-corrected chi connectivity index (χ1v) is 11.6. The van der Waals surface area contributed by atoms with Crippen molar-refractivity contribution < 1.29 is 17.9 Å². The maximum atomic E-state index is 12.4. The average Bonchev–Trinajstić information content (AvgIpc) is 3.21. The second kappa shape index (κ2) is 9.79. The van der Waals surface area contributed by atoms with E-state index in [1.165, 1.54) is 5.56 Å². The van der Waals surface area contributed by atoms with Crippen molar-refractivity contribution >= 4 is 32.4 Å². The van der Waals surface area contributed by atoms with Crippen LogP contribution in [-0.2, 0) is 16.4 Å². The first kappa shape index (κ1) is 21.9. The molecule has 0 aliphatic carbocycles. The molecular formula is C20H22N4O4S2. The number of aromatic nitrogens is 2. The molecule has 0 spiro atoms. The Kier molecular flexibility index (Phi) is 7.14. The first-order valence-electron chi connectivity index (χ1n) is 9.30. The SMILES string of the molecule is CCc1ccc(OCCNS(=O)(=O)c2nnc(NC(=O)c3ccc(C)cc3)s2)cc1. The third kappa shape index (κ3) is 5.85. The number of carbonyl (C=O) groups is 1. The standard InChI is InChI=1S/C20H22N4O4S2/c1-3-15-6-10-17(11-7-15)28-13-12-21-30(26,27)20-24-23-19(29-20)22-18(25)16-8-4-14(2)5-9-16/h4-11,21H,3,12-13H2,1-2H3,(H,22,23,25). The van der Waals surface area contributed by atoms with Gasteiger partial charge in [0.15, 0.2) is 0 Å². The van der Waals surface area contributed by atoms with E-state index in [9.17, 15) is 13.2 Å². The predicted molar refractivity (Wildman–Crippen MR) is 116 cm³/mol. The van der Waals surface area contributed by atoms with E-state index >= 15 is 0 Å². The van der Waals surface area contributed by atoms with E-state index in [0.29, 0.717) is 11.3 Å². The van der Waals surface area contributed by atoms with E-state index in [2.05, 4.69) is 27.2 Å². The molecule has 8 nitrogen and oxygen atoms in total. The lowest BCUT2D eigenvalue weighted by Gasteiger charge is -2.07. The molecule has 0 fully saturated rings. The molecule has 0 radical (unpaired) electrons. The molecule has 1 amide bonds. The average molecular weight is 447 g/mol. The van der Waals surface area contributed by atoms with Crippen LogP contribution in [-0.4, -0.2) is 37.7 Å². The highest BCUT2D eigenvalue weighted by Crippen LogP contribution is 2.20. The molecule has 158 valence electrons. The Bertz CT molecular complexity index is 1090. The normalized spacial score (nSPS) is 11.3. The zero-order chi connectivity index (χ0) is 21.6. The van der Waals surface area contributed by atoms with Crippen molar-refractivity contribution in [3.8, 4) is 5.75 Å².